The van der Waals surface area contributed by atoms with Gasteiger partial charge in [-0.2, -0.15) is 0 Å². The lowest BCUT2D eigenvalue weighted by Crippen LogP contribution is -2.38. The number of aromatic nitrogens is 2. The first-order valence-corrected chi connectivity index (χ1v) is 10.7. The summed E-state index contributed by atoms with van der Waals surface area (Å²) in [5.74, 6) is -0.955. The molecular formula is C24H25FN4O3. The molecule has 8 heteroatoms. The average molecular weight is 436 g/mol. The van der Waals surface area contributed by atoms with Crippen molar-refractivity contribution in [2.75, 3.05) is 13.1 Å². The number of aryl methyl sites for hydroxylation is 1. The fourth-order valence-corrected chi connectivity index (χ4v) is 3.91. The number of carbonyl (C=O) groups is 2. The number of benzene rings is 1. The van der Waals surface area contributed by atoms with Crippen LogP contribution in [-0.4, -0.2) is 39.4 Å². The van der Waals surface area contributed by atoms with Gasteiger partial charge in [0, 0.05) is 31.5 Å². The van der Waals surface area contributed by atoms with Crippen molar-refractivity contribution in [1.82, 2.24) is 19.8 Å². The van der Waals surface area contributed by atoms with Crippen LogP contribution in [0.5, 0.6) is 0 Å². The Bertz CT molecular complexity index is 1210. The Labute approximate surface area is 184 Å². The lowest BCUT2D eigenvalue weighted by atomic mass is 10.1. The van der Waals surface area contributed by atoms with Crippen molar-refractivity contribution in [2.45, 2.75) is 39.3 Å². The number of hydrogen-bond acceptors (Lipinski definition) is 4. The van der Waals surface area contributed by atoms with Gasteiger partial charge in [-0.1, -0.05) is 12.1 Å². The van der Waals surface area contributed by atoms with E-state index in [9.17, 15) is 18.8 Å². The van der Waals surface area contributed by atoms with Crippen LogP contribution in [0.4, 0.5) is 4.39 Å². The number of hydrogen-bond donors (Lipinski definition) is 1. The molecule has 0 radical (unpaired) electrons. The van der Waals surface area contributed by atoms with E-state index in [1.807, 2.05) is 0 Å². The number of carbonyl (C=O) groups excluding carboxylic acids is 2. The van der Waals surface area contributed by atoms with Gasteiger partial charge in [0.15, 0.2) is 0 Å². The van der Waals surface area contributed by atoms with E-state index in [2.05, 4.69) is 10.3 Å². The van der Waals surface area contributed by atoms with E-state index in [-0.39, 0.29) is 41.7 Å². The summed E-state index contributed by atoms with van der Waals surface area (Å²) >= 11 is 0. The number of fused-ring (bicyclic) bond motifs is 1. The summed E-state index contributed by atoms with van der Waals surface area (Å²) in [5, 5.41) is 3.10. The van der Waals surface area contributed by atoms with Crippen molar-refractivity contribution in [2.24, 2.45) is 0 Å². The van der Waals surface area contributed by atoms with Gasteiger partial charge < -0.3 is 14.8 Å². The molecule has 0 saturated carbocycles. The van der Waals surface area contributed by atoms with Crippen LogP contribution in [0.3, 0.4) is 0 Å². The van der Waals surface area contributed by atoms with Gasteiger partial charge in [-0.3, -0.25) is 14.4 Å². The van der Waals surface area contributed by atoms with Gasteiger partial charge in [0.25, 0.3) is 5.91 Å². The summed E-state index contributed by atoms with van der Waals surface area (Å²) in [5.41, 5.74) is 1.51. The Balaban J connectivity index is 1.62. The molecular weight excluding hydrogens is 411 g/mol. The molecule has 1 aliphatic rings. The van der Waals surface area contributed by atoms with Crippen molar-refractivity contribution in [3.8, 4) is 0 Å². The number of nitrogens with one attached hydrogen (secondary N) is 1. The lowest BCUT2D eigenvalue weighted by Gasteiger charge is -2.26. The topological polar surface area (TPSA) is 84.3 Å². The highest BCUT2D eigenvalue weighted by Gasteiger charge is 2.23. The molecule has 1 fully saturated rings. The highest BCUT2D eigenvalue weighted by atomic mass is 19.1. The Hall–Kier alpha value is -3.55. The Morgan fingerprint density at radius 3 is 2.50 bits per heavy atom. The number of piperidine rings is 1. The van der Waals surface area contributed by atoms with Crippen molar-refractivity contribution in [1.29, 1.82) is 0 Å². The maximum absolute atomic E-state index is 13.1. The summed E-state index contributed by atoms with van der Waals surface area (Å²) in [7, 11) is 0. The largest absolute Gasteiger partial charge is 0.350 e. The number of halogens is 1. The van der Waals surface area contributed by atoms with Crippen molar-refractivity contribution < 1.29 is 14.0 Å². The van der Waals surface area contributed by atoms with Gasteiger partial charge in [-0.05, 0) is 56.0 Å². The molecule has 3 heterocycles. The Morgan fingerprint density at radius 1 is 1.06 bits per heavy atom. The average Bonchev–Trinajstić information content (AvgIpc) is 2.80. The third-order valence-electron chi connectivity index (χ3n) is 5.65. The number of rotatable bonds is 5. The van der Waals surface area contributed by atoms with E-state index in [4.69, 9.17) is 0 Å². The monoisotopic (exact) mass is 436 g/mol. The van der Waals surface area contributed by atoms with Crippen LogP contribution in [0.2, 0.25) is 0 Å². The third kappa shape index (κ3) is 4.69. The number of nitrogens with zero attached hydrogens (tertiary/aromatic N) is 3. The van der Waals surface area contributed by atoms with Crippen LogP contribution >= 0.6 is 0 Å². The quantitative estimate of drug-likeness (QED) is 0.667. The van der Waals surface area contributed by atoms with Crippen molar-refractivity contribution >= 4 is 22.8 Å². The molecule has 0 spiro atoms. The minimum atomic E-state index is -0.369. The van der Waals surface area contributed by atoms with Crippen LogP contribution in [0.1, 0.15) is 40.9 Å². The predicted molar refractivity (Wildman–Crippen MR) is 119 cm³/mol. The van der Waals surface area contributed by atoms with Gasteiger partial charge >= 0.3 is 0 Å². The highest BCUT2D eigenvalue weighted by molar-refractivity contribution is 5.97. The van der Waals surface area contributed by atoms with Gasteiger partial charge in [0.2, 0.25) is 11.3 Å². The Morgan fingerprint density at radius 2 is 1.78 bits per heavy atom. The predicted octanol–water partition coefficient (Wildman–Crippen LogP) is 2.79. The second-order valence-corrected chi connectivity index (χ2v) is 8.08. The molecule has 1 N–H and O–H groups in total. The molecule has 32 heavy (non-hydrogen) atoms. The van der Waals surface area contributed by atoms with E-state index in [0.29, 0.717) is 29.8 Å². The van der Waals surface area contributed by atoms with Crippen LogP contribution in [-0.2, 0) is 17.9 Å². The second-order valence-electron chi connectivity index (χ2n) is 8.08. The van der Waals surface area contributed by atoms with E-state index in [0.717, 1.165) is 24.8 Å². The molecule has 0 unspecified atom stereocenters. The van der Waals surface area contributed by atoms with Gasteiger partial charge in [-0.25, -0.2) is 9.37 Å². The molecule has 2 amide bonds. The van der Waals surface area contributed by atoms with Crippen LogP contribution in [0, 0.1) is 12.7 Å². The molecule has 4 rings (SSSR count). The first-order valence-electron chi connectivity index (χ1n) is 10.7. The number of amides is 2. The summed E-state index contributed by atoms with van der Waals surface area (Å²) in [6.07, 6.45) is 4.36. The minimum Gasteiger partial charge on any atom is -0.350 e. The molecule has 3 aromatic rings. The molecule has 7 nitrogen and oxygen atoms in total. The smallest absolute Gasteiger partial charge is 0.259 e. The fourth-order valence-electron chi connectivity index (χ4n) is 3.91. The summed E-state index contributed by atoms with van der Waals surface area (Å²) in [4.78, 5) is 44.9. The normalized spacial score (nSPS) is 13.9. The summed E-state index contributed by atoms with van der Waals surface area (Å²) in [6, 6.07) is 9.25. The van der Waals surface area contributed by atoms with E-state index < -0.39 is 0 Å². The highest BCUT2D eigenvalue weighted by Crippen LogP contribution is 2.15. The summed E-state index contributed by atoms with van der Waals surface area (Å²) in [6.45, 7) is 3.19. The number of pyridine rings is 2. The molecule has 1 aromatic carbocycles. The minimum absolute atomic E-state index is 0.0522. The molecule has 0 atom stereocenters. The molecule has 166 valence electrons. The van der Waals surface area contributed by atoms with Crippen molar-refractivity contribution in [3.05, 3.63) is 75.5 Å². The Kier molecular flexibility index (Phi) is 6.30. The molecule has 1 saturated heterocycles. The van der Waals surface area contributed by atoms with Gasteiger partial charge in [-0.15, -0.1) is 0 Å². The van der Waals surface area contributed by atoms with Gasteiger partial charge in [0.1, 0.15) is 23.6 Å². The zero-order chi connectivity index (χ0) is 22.7. The van der Waals surface area contributed by atoms with Gasteiger partial charge in [0.05, 0.1) is 5.39 Å². The molecule has 0 aliphatic carbocycles. The first kappa shape index (κ1) is 21.7. The van der Waals surface area contributed by atoms with Crippen molar-refractivity contribution in [3.63, 3.8) is 0 Å². The fraction of sp³-hybridized carbons (Fsp3) is 0.333. The zero-order valence-electron chi connectivity index (χ0n) is 17.9. The molecule has 1 aliphatic heterocycles. The maximum atomic E-state index is 13.1. The van der Waals surface area contributed by atoms with E-state index in [1.54, 1.807) is 40.7 Å². The third-order valence-corrected chi connectivity index (χ3v) is 5.65. The van der Waals surface area contributed by atoms with Crippen LogP contribution in [0.15, 0.2) is 47.4 Å². The zero-order valence-corrected chi connectivity index (χ0v) is 17.9. The van der Waals surface area contributed by atoms with Crippen LogP contribution in [0.25, 0.3) is 11.0 Å². The molecule has 0 bridgehead atoms. The van der Waals surface area contributed by atoms with Crippen LogP contribution < -0.4 is 10.7 Å². The lowest BCUT2D eigenvalue weighted by molar-refractivity contribution is -0.121. The first-order chi connectivity index (χ1) is 15.4. The maximum Gasteiger partial charge on any atom is 0.259 e. The summed E-state index contributed by atoms with van der Waals surface area (Å²) < 4.78 is 14.6. The van der Waals surface area contributed by atoms with E-state index >= 15 is 0 Å². The van der Waals surface area contributed by atoms with E-state index in [1.165, 1.54) is 18.3 Å². The SMILES string of the molecule is Cc1ccc2c(=O)c(C(=O)N3CCCCC3)cn(CC(=O)NCc3ccc(F)cc3)c2n1. The second kappa shape index (κ2) is 9.30. The molecule has 2 aromatic heterocycles. The number of likely N-dealkylation sites (tertiary alicyclic amines) is 1. The standard InChI is InChI=1S/C24H25FN4O3/c1-16-5-10-19-22(31)20(24(32)28-11-3-2-4-12-28)14-29(23(19)27-16)15-21(30)26-13-17-6-8-18(25)9-7-17/h5-10,14H,2-4,11-13,15H2,1H3,(H,26,30).